The maximum atomic E-state index is 12.2. The highest BCUT2D eigenvalue weighted by Gasteiger charge is 2.42. The molecular weight excluding hydrogens is 376 g/mol. The number of ether oxygens (including phenoxy) is 1. The molecule has 1 N–H and O–H groups in total. The number of nitrogens with zero attached hydrogens (tertiary/aromatic N) is 3. The van der Waals surface area contributed by atoms with Gasteiger partial charge in [0.15, 0.2) is 0 Å². The van der Waals surface area contributed by atoms with Crippen LogP contribution in [0.25, 0.3) is 0 Å². The Labute approximate surface area is 178 Å². The number of rotatable bonds is 5. The first-order chi connectivity index (χ1) is 14.7. The van der Waals surface area contributed by atoms with Crippen LogP contribution in [-0.2, 0) is 11.8 Å². The predicted octanol–water partition coefficient (Wildman–Crippen LogP) is 4.50. The van der Waals surface area contributed by atoms with Crippen molar-refractivity contribution < 1.29 is 9.53 Å². The normalized spacial score (nSPS) is 28.6. The summed E-state index contributed by atoms with van der Waals surface area (Å²) in [5, 5.41) is 7.70. The monoisotopic (exact) mass is 408 g/mol. The Morgan fingerprint density at radius 1 is 1.20 bits per heavy atom. The van der Waals surface area contributed by atoms with Crippen LogP contribution in [0.15, 0.2) is 36.4 Å². The van der Waals surface area contributed by atoms with Gasteiger partial charge in [-0.15, -0.1) is 0 Å². The van der Waals surface area contributed by atoms with Crippen LogP contribution in [0.1, 0.15) is 61.7 Å². The van der Waals surface area contributed by atoms with Gasteiger partial charge in [-0.05, 0) is 56.3 Å². The summed E-state index contributed by atoms with van der Waals surface area (Å²) < 4.78 is 7.70. The Balaban J connectivity index is 1.19. The summed E-state index contributed by atoms with van der Waals surface area (Å²) in [6.45, 7) is 2.60. The van der Waals surface area contributed by atoms with E-state index in [1.165, 1.54) is 43.5 Å². The molecule has 6 rings (SSSR count). The number of para-hydroxylation sites is 1. The third-order valence-corrected chi connectivity index (χ3v) is 7.39. The molecule has 0 radical (unpaired) electrons. The minimum absolute atomic E-state index is 0.323. The van der Waals surface area contributed by atoms with Crippen molar-refractivity contribution in [3.8, 4) is 0 Å². The number of aryl methyl sites for hydroxylation is 1. The average Bonchev–Trinajstić information content (AvgIpc) is 3.43. The number of carbonyl (C=O) groups excluding carboxylic acids is 1. The van der Waals surface area contributed by atoms with Crippen molar-refractivity contribution in [2.45, 2.75) is 56.4 Å². The van der Waals surface area contributed by atoms with Crippen LogP contribution in [0, 0.1) is 5.92 Å². The maximum absolute atomic E-state index is 12.2. The average molecular weight is 409 g/mol. The number of hydrogen-bond acceptors (Lipinski definition) is 4. The SMILES string of the molecule is Cn1nc(C2CCCC2)cc1C1CN2CCC1CC2COC(=O)Nc1ccccc1. The Hall–Kier alpha value is -2.34. The number of fused-ring (bicyclic) bond motifs is 3. The van der Waals surface area contributed by atoms with Crippen LogP contribution in [0.4, 0.5) is 10.5 Å². The Morgan fingerprint density at radius 3 is 2.73 bits per heavy atom. The largest absolute Gasteiger partial charge is 0.448 e. The minimum atomic E-state index is -0.367. The van der Waals surface area contributed by atoms with E-state index in [0.717, 1.165) is 25.2 Å². The molecule has 0 spiro atoms. The fraction of sp³-hybridized carbons (Fsp3) is 0.583. The van der Waals surface area contributed by atoms with Crippen molar-refractivity contribution >= 4 is 11.8 Å². The third kappa shape index (κ3) is 3.97. The van der Waals surface area contributed by atoms with Crippen LogP contribution < -0.4 is 5.32 Å². The van der Waals surface area contributed by atoms with Gasteiger partial charge in [-0.25, -0.2) is 4.79 Å². The van der Waals surface area contributed by atoms with E-state index in [4.69, 9.17) is 9.84 Å². The quantitative estimate of drug-likeness (QED) is 0.791. The van der Waals surface area contributed by atoms with Gasteiger partial charge in [-0.1, -0.05) is 31.0 Å². The molecule has 4 fully saturated rings. The third-order valence-electron chi connectivity index (χ3n) is 7.39. The van der Waals surface area contributed by atoms with E-state index in [9.17, 15) is 4.79 Å². The lowest BCUT2D eigenvalue weighted by Gasteiger charge is -2.49. The van der Waals surface area contributed by atoms with E-state index in [2.05, 4.69) is 28.0 Å². The summed E-state index contributed by atoms with van der Waals surface area (Å²) in [6, 6.07) is 12.2. The second-order valence-electron chi connectivity index (χ2n) is 9.23. The molecule has 4 atom stereocenters. The Bertz CT molecular complexity index is 875. The maximum Gasteiger partial charge on any atom is 0.411 e. The summed E-state index contributed by atoms with van der Waals surface area (Å²) >= 11 is 0. The lowest BCUT2D eigenvalue weighted by atomic mass is 9.74. The van der Waals surface area contributed by atoms with E-state index >= 15 is 0 Å². The summed E-state index contributed by atoms with van der Waals surface area (Å²) in [5.74, 6) is 1.85. The fourth-order valence-corrected chi connectivity index (χ4v) is 5.77. The molecule has 4 heterocycles. The lowest BCUT2D eigenvalue weighted by Crippen LogP contribution is -2.54. The summed E-state index contributed by atoms with van der Waals surface area (Å²) in [5.41, 5.74) is 3.47. The first-order valence-electron chi connectivity index (χ1n) is 11.4. The molecule has 3 saturated heterocycles. The molecule has 3 aliphatic heterocycles. The topological polar surface area (TPSA) is 59.4 Å². The van der Waals surface area contributed by atoms with Crippen LogP contribution >= 0.6 is 0 Å². The van der Waals surface area contributed by atoms with Gasteiger partial charge in [-0.3, -0.25) is 14.9 Å². The Kier molecular flexibility index (Phi) is 5.50. The van der Waals surface area contributed by atoms with E-state index in [1.807, 2.05) is 30.3 Å². The number of anilines is 1. The highest BCUT2D eigenvalue weighted by Crippen LogP contribution is 2.43. The van der Waals surface area contributed by atoms with Crippen molar-refractivity contribution in [1.29, 1.82) is 0 Å². The molecule has 30 heavy (non-hydrogen) atoms. The predicted molar refractivity (Wildman–Crippen MR) is 117 cm³/mol. The van der Waals surface area contributed by atoms with E-state index in [1.54, 1.807) is 0 Å². The molecule has 1 amide bonds. The van der Waals surface area contributed by atoms with Gasteiger partial charge in [0.2, 0.25) is 0 Å². The summed E-state index contributed by atoms with van der Waals surface area (Å²) in [6.07, 6.45) is 7.22. The van der Waals surface area contributed by atoms with Gasteiger partial charge in [0.05, 0.1) is 5.69 Å². The molecule has 4 unspecified atom stereocenters. The van der Waals surface area contributed by atoms with E-state index in [-0.39, 0.29) is 6.09 Å². The standard InChI is InChI=1S/C24H32N4O2/c1-27-23(14-22(26-27)17-7-5-6-8-17)21-15-28-12-11-18(21)13-20(28)16-30-24(29)25-19-9-3-2-4-10-19/h2-4,9-10,14,17-18,20-21H,5-8,11-13,15-16H2,1H3,(H,25,29). The zero-order chi connectivity index (χ0) is 20.5. The number of piperidine rings is 3. The van der Waals surface area contributed by atoms with E-state index < -0.39 is 0 Å². The van der Waals surface area contributed by atoms with Gasteiger partial charge >= 0.3 is 6.09 Å². The molecule has 1 aliphatic carbocycles. The zero-order valence-electron chi connectivity index (χ0n) is 17.8. The number of amides is 1. The highest BCUT2D eigenvalue weighted by molar-refractivity contribution is 5.84. The molecule has 2 bridgehead atoms. The smallest absolute Gasteiger partial charge is 0.411 e. The highest BCUT2D eigenvalue weighted by atomic mass is 16.5. The zero-order valence-corrected chi connectivity index (χ0v) is 17.8. The summed E-state index contributed by atoms with van der Waals surface area (Å²) in [7, 11) is 2.11. The number of aromatic nitrogens is 2. The molecule has 160 valence electrons. The second kappa shape index (κ2) is 8.42. The van der Waals surface area contributed by atoms with E-state index in [0.29, 0.717) is 30.4 Å². The first kappa shape index (κ1) is 19.6. The van der Waals surface area contributed by atoms with Gasteiger partial charge in [0.25, 0.3) is 0 Å². The van der Waals surface area contributed by atoms with Gasteiger partial charge < -0.3 is 4.74 Å². The number of hydrogen-bond donors (Lipinski definition) is 1. The van der Waals surface area contributed by atoms with Crippen molar-refractivity contribution in [3.63, 3.8) is 0 Å². The molecule has 6 heteroatoms. The molecule has 1 aromatic heterocycles. The Morgan fingerprint density at radius 2 is 2.00 bits per heavy atom. The van der Waals surface area contributed by atoms with Crippen molar-refractivity contribution in [2.24, 2.45) is 13.0 Å². The van der Waals surface area contributed by atoms with Crippen molar-refractivity contribution in [3.05, 3.63) is 47.8 Å². The van der Waals surface area contributed by atoms with Crippen molar-refractivity contribution in [2.75, 3.05) is 25.0 Å². The minimum Gasteiger partial charge on any atom is -0.448 e. The fourth-order valence-electron chi connectivity index (χ4n) is 5.77. The molecule has 2 aromatic rings. The van der Waals surface area contributed by atoms with Crippen LogP contribution in [0.3, 0.4) is 0 Å². The summed E-state index contributed by atoms with van der Waals surface area (Å²) in [4.78, 5) is 14.7. The van der Waals surface area contributed by atoms with Gasteiger partial charge in [-0.2, -0.15) is 5.10 Å². The molecule has 6 nitrogen and oxygen atoms in total. The first-order valence-corrected chi connectivity index (χ1v) is 11.4. The number of nitrogens with one attached hydrogen (secondary N) is 1. The lowest BCUT2D eigenvalue weighted by molar-refractivity contribution is -0.00222. The van der Waals surface area contributed by atoms with Gasteiger partial charge in [0.1, 0.15) is 6.61 Å². The molecule has 1 saturated carbocycles. The van der Waals surface area contributed by atoms with Crippen LogP contribution in [0.5, 0.6) is 0 Å². The number of carbonyl (C=O) groups is 1. The number of benzene rings is 1. The molecule has 4 aliphatic rings. The molecule has 1 aromatic carbocycles. The second-order valence-corrected chi connectivity index (χ2v) is 9.23. The van der Waals surface area contributed by atoms with Gasteiger partial charge in [0, 0.05) is 42.9 Å². The molecular formula is C24H32N4O2. The van der Waals surface area contributed by atoms with Crippen molar-refractivity contribution in [1.82, 2.24) is 14.7 Å². The van der Waals surface area contributed by atoms with Crippen LogP contribution in [-0.4, -0.2) is 46.5 Å². The van der Waals surface area contributed by atoms with Crippen LogP contribution in [0.2, 0.25) is 0 Å².